The van der Waals surface area contributed by atoms with Gasteiger partial charge in [-0.3, -0.25) is 14.4 Å². The van der Waals surface area contributed by atoms with Gasteiger partial charge in [0.2, 0.25) is 11.8 Å². The lowest BCUT2D eigenvalue weighted by atomic mass is 10.2. The molecule has 3 N–H and O–H groups in total. The molecule has 6 nitrogen and oxygen atoms in total. The fourth-order valence-electron chi connectivity index (χ4n) is 1.51. The summed E-state index contributed by atoms with van der Waals surface area (Å²) in [6.45, 7) is 1.25. The molecule has 1 aromatic carbocycles. The zero-order chi connectivity index (χ0) is 15.1. The highest BCUT2D eigenvalue weighted by molar-refractivity contribution is 5.93. The minimum absolute atomic E-state index is 0.0270. The molecule has 0 spiro atoms. The average Bonchev–Trinajstić information content (AvgIpc) is 2.32. The second kappa shape index (κ2) is 7.22. The third-order valence-electron chi connectivity index (χ3n) is 2.36. The van der Waals surface area contributed by atoms with Gasteiger partial charge in [0.1, 0.15) is 5.82 Å². The quantitative estimate of drug-likeness (QED) is 0.743. The SMILES string of the molecule is CC(=O)Nc1cc(NC(=O)CCCC(=O)O)ccc1F. The first kappa shape index (κ1) is 15.6. The lowest BCUT2D eigenvalue weighted by molar-refractivity contribution is -0.137. The third kappa shape index (κ3) is 5.47. The number of nitrogens with one attached hydrogen (secondary N) is 2. The molecule has 0 aliphatic carbocycles. The van der Waals surface area contributed by atoms with Crippen molar-refractivity contribution in [3.05, 3.63) is 24.0 Å². The van der Waals surface area contributed by atoms with E-state index in [1.165, 1.54) is 19.1 Å². The first-order valence-electron chi connectivity index (χ1n) is 5.97. The summed E-state index contributed by atoms with van der Waals surface area (Å²) >= 11 is 0. The first-order valence-corrected chi connectivity index (χ1v) is 5.97. The Hall–Kier alpha value is -2.44. The maximum absolute atomic E-state index is 13.4. The van der Waals surface area contributed by atoms with Crippen LogP contribution in [-0.2, 0) is 14.4 Å². The van der Waals surface area contributed by atoms with E-state index in [2.05, 4.69) is 10.6 Å². The average molecular weight is 282 g/mol. The second-order valence-corrected chi connectivity index (χ2v) is 4.17. The van der Waals surface area contributed by atoms with Crippen LogP contribution in [0.25, 0.3) is 0 Å². The van der Waals surface area contributed by atoms with Crippen LogP contribution in [0.5, 0.6) is 0 Å². The normalized spacial score (nSPS) is 9.90. The number of amides is 2. The van der Waals surface area contributed by atoms with E-state index in [0.29, 0.717) is 5.69 Å². The molecule has 20 heavy (non-hydrogen) atoms. The van der Waals surface area contributed by atoms with Crippen molar-refractivity contribution >= 4 is 29.2 Å². The van der Waals surface area contributed by atoms with Crippen LogP contribution in [0.3, 0.4) is 0 Å². The fraction of sp³-hybridized carbons (Fsp3) is 0.308. The van der Waals surface area contributed by atoms with E-state index in [9.17, 15) is 18.8 Å². The molecule has 0 aliphatic heterocycles. The maximum Gasteiger partial charge on any atom is 0.303 e. The first-order chi connectivity index (χ1) is 9.38. The van der Waals surface area contributed by atoms with Gasteiger partial charge in [0.15, 0.2) is 0 Å². The number of carboxylic acid groups (broad SMARTS) is 1. The number of anilines is 2. The van der Waals surface area contributed by atoms with Crippen LogP contribution >= 0.6 is 0 Å². The van der Waals surface area contributed by atoms with Gasteiger partial charge in [-0.15, -0.1) is 0 Å². The summed E-state index contributed by atoms with van der Waals surface area (Å²) in [5.41, 5.74) is 0.302. The van der Waals surface area contributed by atoms with E-state index in [1.807, 2.05) is 0 Å². The Kier molecular flexibility index (Phi) is 5.64. The van der Waals surface area contributed by atoms with Crippen molar-refractivity contribution in [1.82, 2.24) is 0 Å². The number of hydrogen-bond acceptors (Lipinski definition) is 3. The summed E-state index contributed by atoms with van der Waals surface area (Å²) in [5.74, 6) is -2.36. The van der Waals surface area contributed by atoms with Crippen LogP contribution in [0.15, 0.2) is 18.2 Å². The summed E-state index contributed by atoms with van der Waals surface area (Å²) in [6, 6.07) is 3.78. The second-order valence-electron chi connectivity index (χ2n) is 4.17. The maximum atomic E-state index is 13.4. The molecular formula is C13H15FN2O4. The Balaban J connectivity index is 2.61. The Morgan fingerprint density at radius 2 is 1.90 bits per heavy atom. The van der Waals surface area contributed by atoms with Crippen LogP contribution in [-0.4, -0.2) is 22.9 Å². The number of carbonyl (C=O) groups excluding carboxylic acids is 2. The Morgan fingerprint density at radius 3 is 2.50 bits per heavy atom. The van der Waals surface area contributed by atoms with Gasteiger partial charge < -0.3 is 15.7 Å². The molecule has 0 saturated carbocycles. The number of benzene rings is 1. The van der Waals surface area contributed by atoms with Gasteiger partial charge in [-0.25, -0.2) is 4.39 Å². The highest BCUT2D eigenvalue weighted by atomic mass is 19.1. The standard InChI is InChI=1S/C13H15FN2O4/c1-8(17)15-11-7-9(5-6-10(11)14)16-12(18)3-2-4-13(19)20/h5-7H,2-4H2,1H3,(H,15,17)(H,16,18)(H,19,20). The lowest BCUT2D eigenvalue weighted by Gasteiger charge is -2.08. The molecule has 108 valence electrons. The molecular weight excluding hydrogens is 267 g/mol. The largest absolute Gasteiger partial charge is 0.481 e. The molecule has 0 fully saturated rings. The van der Waals surface area contributed by atoms with Crippen molar-refractivity contribution in [3.8, 4) is 0 Å². The van der Waals surface area contributed by atoms with Crippen molar-refractivity contribution in [2.75, 3.05) is 10.6 Å². The topological polar surface area (TPSA) is 95.5 Å². The lowest BCUT2D eigenvalue weighted by Crippen LogP contribution is -2.13. The molecule has 0 unspecified atom stereocenters. The van der Waals surface area contributed by atoms with Gasteiger partial charge in [-0.05, 0) is 24.6 Å². The fourth-order valence-corrected chi connectivity index (χ4v) is 1.51. The van der Waals surface area contributed by atoms with E-state index < -0.39 is 17.7 Å². The zero-order valence-electron chi connectivity index (χ0n) is 10.9. The number of aliphatic carboxylic acids is 1. The Bertz CT molecular complexity index is 531. The predicted octanol–water partition coefficient (Wildman–Crippen LogP) is 1.98. The number of hydrogen-bond donors (Lipinski definition) is 3. The smallest absolute Gasteiger partial charge is 0.303 e. The van der Waals surface area contributed by atoms with Gasteiger partial charge in [0.25, 0.3) is 0 Å². The minimum atomic E-state index is -0.965. The van der Waals surface area contributed by atoms with Gasteiger partial charge in [-0.1, -0.05) is 0 Å². The zero-order valence-corrected chi connectivity index (χ0v) is 10.9. The van der Waals surface area contributed by atoms with E-state index in [4.69, 9.17) is 5.11 Å². The summed E-state index contributed by atoms with van der Waals surface area (Å²) in [4.78, 5) is 32.7. The van der Waals surface area contributed by atoms with Crippen molar-refractivity contribution in [2.24, 2.45) is 0 Å². The van der Waals surface area contributed by atoms with Crippen LogP contribution in [0.2, 0.25) is 0 Å². The van der Waals surface area contributed by atoms with Crippen LogP contribution in [0, 0.1) is 5.82 Å². The van der Waals surface area contributed by atoms with Gasteiger partial charge >= 0.3 is 5.97 Å². The third-order valence-corrected chi connectivity index (χ3v) is 2.36. The number of rotatable bonds is 6. The molecule has 0 aliphatic rings. The number of halogens is 1. The summed E-state index contributed by atoms with van der Waals surface area (Å²) in [7, 11) is 0. The molecule has 1 aromatic rings. The monoisotopic (exact) mass is 282 g/mol. The number of carbonyl (C=O) groups is 3. The molecule has 0 bridgehead atoms. The minimum Gasteiger partial charge on any atom is -0.481 e. The van der Waals surface area contributed by atoms with Crippen molar-refractivity contribution < 1.29 is 23.9 Å². The molecule has 2 amide bonds. The van der Waals surface area contributed by atoms with Crippen molar-refractivity contribution in [3.63, 3.8) is 0 Å². The van der Waals surface area contributed by atoms with Gasteiger partial charge in [-0.2, -0.15) is 0 Å². The van der Waals surface area contributed by atoms with Crippen molar-refractivity contribution in [1.29, 1.82) is 0 Å². The summed E-state index contributed by atoms with van der Waals surface area (Å²) in [6.07, 6.45) is 0.189. The molecule has 0 saturated heterocycles. The van der Waals surface area contributed by atoms with Crippen LogP contribution in [0.1, 0.15) is 26.2 Å². The Morgan fingerprint density at radius 1 is 1.20 bits per heavy atom. The Labute approximate surface area is 115 Å². The van der Waals surface area contributed by atoms with Gasteiger partial charge in [0.05, 0.1) is 5.69 Å². The van der Waals surface area contributed by atoms with E-state index in [1.54, 1.807) is 0 Å². The highest BCUT2D eigenvalue weighted by Crippen LogP contribution is 2.19. The van der Waals surface area contributed by atoms with E-state index in [0.717, 1.165) is 6.07 Å². The summed E-state index contributed by atoms with van der Waals surface area (Å²) < 4.78 is 13.4. The molecule has 0 aromatic heterocycles. The van der Waals surface area contributed by atoms with E-state index in [-0.39, 0.29) is 30.9 Å². The van der Waals surface area contributed by atoms with Gasteiger partial charge in [0, 0.05) is 25.5 Å². The van der Waals surface area contributed by atoms with E-state index >= 15 is 0 Å². The molecule has 0 radical (unpaired) electrons. The predicted molar refractivity (Wildman–Crippen MR) is 70.8 cm³/mol. The van der Waals surface area contributed by atoms with Crippen molar-refractivity contribution in [2.45, 2.75) is 26.2 Å². The highest BCUT2D eigenvalue weighted by Gasteiger charge is 2.08. The van der Waals surface area contributed by atoms with Crippen LogP contribution < -0.4 is 10.6 Å². The molecule has 7 heteroatoms. The molecule has 0 atom stereocenters. The van der Waals surface area contributed by atoms with Crippen LogP contribution in [0.4, 0.5) is 15.8 Å². The molecule has 1 rings (SSSR count). The summed E-state index contributed by atoms with van der Waals surface area (Å²) in [5, 5.41) is 13.3. The number of carboxylic acids is 1. The molecule has 0 heterocycles.